The minimum Gasteiger partial charge on any atom is -0.349 e. The van der Waals surface area contributed by atoms with Gasteiger partial charge in [0.1, 0.15) is 0 Å². The van der Waals surface area contributed by atoms with E-state index in [1.54, 1.807) is 4.90 Å². The molecular weight excluding hydrogens is 366 g/mol. The number of sulfone groups is 1. The molecule has 1 fully saturated rings. The van der Waals surface area contributed by atoms with Gasteiger partial charge in [-0.05, 0) is 39.3 Å². The van der Waals surface area contributed by atoms with Crippen LogP contribution in [0.3, 0.4) is 0 Å². The van der Waals surface area contributed by atoms with Gasteiger partial charge in [-0.2, -0.15) is 0 Å². The molecule has 0 aliphatic carbocycles. The van der Waals surface area contributed by atoms with Crippen molar-refractivity contribution in [1.29, 1.82) is 0 Å². The van der Waals surface area contributed by atoms with E-state index >= 15 is 0 Å². The first kappa shape index (κ1) is 21.4. The molecule has 2 atom stereocenters. The number of para-hydroxylation sites is 1. The van der Waals surface area contributed by atoms with E-state index in [1.165, 1.54) is 0 Å². The molecule has 2 rings (SSSR count). The standard InChI is InChI=1S/C19H29N3O4S/c1-4-21(12-18(23)20-15(2)3)13-19(24)22(16-8-6-5-7-9-16)17-10-11-27(25,26)14-17/h5-9,15,17H,4,10-14H2,1-3H3,(H,20,23)/p+1/t17-/m1/s1. The number of amides is 2. The molecule has 1 saturated heterocycles. The molecule has 1 aliphatic heterocycles. The Morgan fingerprint density at radius 2 is 1.89 bits per heavy atom. The van der Waals surface area contributed by atoms with Crippen molar-refractivity contribution in [2.45, 2.75) is 39.3 Å². The van der Waals surface area contributed by atoms with Gasteiger partial charge < -0.3 is 15.1 Å². The van der Waals surface area contributed by atoms with E-state index < -0.39 is 9.84 Å². The quantitative estimate of drug-likeness (QED) is 0.628. The van der Waals surface area contributed by atoms with Gasteiger partial charge in [0.15, 0.2) is 22.9 Å². The molecule has 1 aromatic carbocycles. The molecule has 2 N–H and O–H groups in total. The Hall–Kier alpha value is -1.93. The van der Waals surface area contributed by atoms with E-state index in [9.17, 15) is 18.0 Å². The van der Waals surface area contributed by atoms with Crippen LogP contribution in [0.2, 0.25) is 0 Å². The smallest absolute Gasteiger partial charge is 0.282 e. The van der Waals surface area contributed by atoms with Crippen molar-refractivity contribution in [3.63, 3.8) is 0 Å². The third kappa shape index (κ3) is 6.32. The van der Waals surface area contributed by atoms with Crippen LogP contribution >= 0.6 is 0 Å². The number of likely N-dealkylation sites (N-methyl/N-ethyl adjacent to an activating group) is 1. The molecule has 0 aromatic heterocycles. The number of rotatable bonds is 8. The SMILES string of the molecule is CC[NH+](CC(=O)NC(C)C)CC(=O)N(c1ccccc1)[C@@H]1CCS(=O)(=O)C1. The molecule has 0 bridgehead atoms. The zero-order chi connectivity index (χ0) is 20.0. The van der Waals surface area contributed by atoms with Crippen LogP contribution in [0.4, 0.5) is 5.69 Å². The molecule has 0 radical (unpaired) electrons. The van der Waals surface area contributed by atoms with Crippen LogP contribution in [0, 0.1) is 0 Å². The average molecular weight is 397 g/mol. The summed E-state index contributed by atoms with van der Waals surface area (Å²) in [6, 6.07) is 8.86. The average Bonchev–Trinajstić information content (AvgIpc) is 2.94. The van der Waals surface area contributed by atoms with E-state index in [4.69, 9.17) is 0 Å². The molecule has 7 nitrogen and oxygen atoms in total. The van der Waals surface area contributed by atoms with E-state index in [1.807, 2.05) is 51.1 Å². The number of carbonyl (C=O) groups is 2. The van der Waals surface area contributed by atoms with Gasteiger partial charge >= 0.3 is 0 Å². The topological polar surface area (TPSA) is 88.0 Å². The summed E-state index contributed by atoms with van der Waals surface area (Å²) in [4.78, 5) is 27.6. The maximum Gasteiger partial charge on any atom is 0.282 e. The zero-order valence-corrected chi connectivity index (χ0v) is 17.1. The van der Waals surface area contributed by atoms with E-state index in [0.29, 0.717) is 18.7 Å². The van der Waals surface area contributed by atoms with Crippen molar-refractivity contribution < 1.29 is 22.9 Å². The number of benzene rings is 1. The highest BCUT2D eigenvalue weighted by Crippen LogP contribution is 2.24. The maximum absolute atomic E-state index is 13.1. The van der Waals surface area contributed by atoms with Crippen molar-refractivity contribution in [1.82, 2.24) is 5.32 Å². The first-order valence-electron chi connectivity index (χ1n) is 9.42. The summed E-state index contributed by atoms with van der Waals surface area (Å²) in [5.74, 6) is -0.153. The molecule has 150 valence electrons. The van der Waals surface area contributed by atoms with Crippen LogP contribution in [0.1, 0.15) is 27.2 Å². The molecule has 0 saturated carbocycles. The van der Waals surface area contributed by atoms with Crippen molar-refractivity contribution in [2.75, 3.05) is 36.0 Å². The molecule has 8 heteroatoms. The molecule has 1 heterocycles. The second kappa shape index (κ2) is 9.32. The predicted molar refractivity (Wildman–Crippen MR) is 106 cm³/mol. The monoisotopic (exact) mass is 396 g/mol. The van der Waals surface area contributed by atoms with Crippen LogP contribution in [0.5, 0.6) is 0 Å². The summed E-state index contributed by atoms with van der Waals surface area (Å²) in [6.45, 7) is 6.71. The van der Waals surface area contributed by atoms with Gasteiger partial charge in [0.25, 0.3) is 11.8 Å². The molecule has 27 heavy (non-hydrogen) atoms. The minimum absolute atomic E-state index is 0.0110. The zero-order valence-electron chi connectivity index (χ0n) is 16.3. The summed E-state index contributed by atoms with van der Waals surface area (Å²) < 4.78 is 23.9. The van der Waals surface area contributed by atoms with Gasteiger partial charge in [0, 0.05) is 11.7 Å². The fraction of sp³-hybridized carbons (Fsp3) is 0.579. The Morgan fingerprint density at radius 1 is 1.22 bits per heavy atom. The highest BCUT2D eigenvalue weighted by atomic mass is 32.2. The number of nitrogens with zero attached hydrogens (tertiary/aromatic N) is 1. The lowest BCUT2D eigenvalue weighted by Crippen LogP contribution is -3.14. The summed E-state index contributed by atoms with van der Waals surface area (Å²) in [5, 5.41) is 2.84. The Kier molecular flexibility index (Phi) is 7.38. The maximum atomic E-state index is 13.1. The van der Waals surface area contributed by atoms with Crippen molar-refractivity contribution in [3.05, 3.63) is 30.3 Å². The summed E-state index contributed by atoms with van der Waals surface area (Å²) in [7, 11) is -3.11. The summed E-state index contributed by atoms with van der Waals surface area (Å²) in [5.41, 5.74) is 0.701. The van der Waals surface area contributed by atoms with E-state index in [0.717, 1.165) is 4.90 Å². The van der Waals surface area contributed by atoms with E-state index in [-0.39, 0.29) is 48.5 Å². The van der Waals surface area contributed by atoms with Crippen LogP contribution in [0.25, 0.3) is 0 Å². The molecule has 1 aromatic rings. The van der Waals surface area contributed by atoms with Crippen molar-refractivity contribution in [3.8, 4) is 0 Å². The van der Waals surface area contributed by atoms with Gasteiger partial charge in [-0.3, -0.25) is 9.59 Å². The summed E-state index contributed by atoms with van der Waals surface area (Å²) in [6.07, 6.45) is 0.443. The predicted octanol–water partition coefficient (Wildman–Crippen LogP) is -0.364. The number of nitrogens with one attached hydrogen (secondary N) is 2. The number of carbonyl (C=O) groups excluding carboxylic acids is 2. The largest absolute Gasteiger partial charge is 0.349 e. The summed E-state index contributed by atoms with van der Waals surface area (Å²) >= 11 is 0. The molecule has 1 aliphatic rings. The lowest BCUT2D eigenvalue weighted by atomic mass is 10.1. The number of hydrogen-bond donors (Lipinski definition) is 2. The number of anilines is 1. The van der Waals surface area contributed by atoms with Crippen LogP contribution in [0.15, 0.2) is 30.3 Å². The van der Waals surface area contributed by atoms with Gasteiger partial charge in [-0.15, -0.1) is 0 Å². The fourth-order valence-electron chi connectivity index (χ4n) is 3.34. The molecule has 1 unspecified atom stereocenters. The first-order chi connectivity index (χ1) is 12.7. The third-order valence-corrected chi connectivity index (χ3v) is 6.39. The van der Waals surface area contributed by atoms with Gasteiger partial charge in [0.05, 0.1) is 24.1 Å². The lowest BCUT2D eigenvalue weighted by Gasteiger charge is -2.29. The third-order valence-electron chi connectivity index (χ3n) is 4.64. The van der Waals surface area contributed by atoms with Gasteiger partial charge in [-0.1, -0.05) is 18.2 Å². The number of hydrogen-bond acceptors (Lipinski definition) is 4. The van der Waals surface area contributed by atoms with E-state index in [2.05, 4.69) is 5.32 Å². The van der Waals surface area contributed by atoms with Gasteiger partial charge in [-0.25, -0.2) is 8.42 Å². The van der Waals surface area contributed by atoms with Crippen LogP contribution in [-0.2, 0) is 19.4 Å². The minimum atomic E-state index is -3.11. The molecule has 0 spiro atoms. The Bertz CT molecular complexity index is 749. The van der Waals surface area contributed by atoms with Gasteiger partial charge in [0.2, 0.25) is 0 Å². The Morgan fingerprint density at radius 3 is 2.41 bits per heavy atom. The highest BCUT2D eigenvalue weighted by Gasteiger charge is 2.36. The van der Waals surface area contributed by atoms with Crippen molar-refractivity contribution in [2.24, 2.45) is 0 Å². The normalized spacial score (nSPS) is 19.6. The second-order valence-electron chi connectivity index (χ2n) is 7.34. The highest BCUT2D eigenvalue weighted by molar-refractivity contribution is 7.91. The molecular formula is C19H30N3O4S+. The second-order valence-corrected chi connectivity index (χ2v) is 9.56. The Labute approximate surface area is 161 Å². The first-order valence-corrected chi connectivity index (χ1v) is 11.2. The van der Waals surface area contributed by atoms with Crippen LogP contribution in [-0.4, -0.2) is 63.5 Å². The lowest BCUT2D eigenvalue weighted by molar-refractivity contribution is -0.881. The number of quaternary nitrogens is 1. The van der Waals surface area contributed by atoms with Crippen LogP contribution < -0.4 is 15.1 Å². The van der Waals surface area contributed by atoms with Crippen molar-refractivity contribution >= 4 is 27.3 Å². The fourth-order valence-corrected chi connectivity index (χ4v) is 5.04. The molecule has 2 amide bonds. The Balaban J connectivity index is 2.15.